The summed E-state index contributed by atoms with van der Waals surface area (Å²) in [6.07, 6.45) is 1.74. The number of allylic oxidation sites excluding steroid dienone is 2. The molecule has 1 aliphatic rings. The number of nitriles is 1. The summed E-state index contributed by atoms with van der Waals surface area (Å²) in [4.78, 5) is 0. The molecular formula is C8H8F3NO3S. The molecule has 1 unspecified atom stereocenters. The molecule has 0 bridgehead atoms. The first kappa shape index (κ1) is 12.8. The molecule has 0 aromatic heterocycles. The van der Waals surface area contributed by atoms with Crippen LogP contribution in [0, 0.1) is 17.2 Å². The van der Waals surface area contributed by atoms with Gasteiger partial charge in [0.05, 0.1) is 12.0 Å². The molecule has 8 heteroatoms. The van der Waals surface area contributed by atoms with E-state index < -0.39 is 15.6 Å². The van der Waals surface area contributed by atoms with E-state index >= 15 is 0 Å². The van der Waals surface area contributed by atoms with Gasteiger partial charge in [-0.05, 0) is 18.9 Å². The van der Waals surface area contributed by atoms with E-state index in [1.807, 2.05) is 6.07 Å². The van der Waals surface area contributed by atoms with E-state index in [2.05, 4.69) is 4.18 Å². The van der Waals surface area contributed by atoms with E-state index in [1.165, 1.54) is 6.08 Å². The van der Waals surface area contributed by atoms with Crippen molar-refractivity contribution in [2.45, 2.75) is 24.8 Å². The summed E-state index contributed by atoms with van der Waals surface area (Å²) in [6.45, 7) is 0. The largest absolute Gasteiger partial charge is 0.534 e. The van der Waals surface area contributed by atoms with Gasteiger partial charge < -0.3 is 4.18 Å². The SMILES string of the molecule is N#CC1CC=C(OS(=O)(=O)C(F)(F)F)CC1. The fourth-order valence-electron chi connectivity index (χ4n) is 1.19. The monoisotopic (exact) mass is 255 g/mol. The first-order valence-electron chi connectivity index (χ1n) is 4.35. The highest BCUT2D eigenvalue weighted by Crippen LogP contribution is 2.30. The lowest BCUT2D eigenvalue weighted by molar-refractivity contribution is -0.0524. The van der Waals surface area contributed by atoms with Crippen molar-refractivity contribution < 1.29 is 25.8 Å². The Morgan fingerprint density at radius 1 is 1.50 bits per heavy atom. The minimum Gasteiger partial charge on any atom is -0.381 e. The highest BCUT2D eigenvalue weighted by atomic mass is 32.2. The molecule has 16 heavy (non-hydrogen) atoms. The maximum absolute atomic E-state index is 11.9. The molecule has 0 radical (unpaired) electrons. The summed E-state index contributed by atoms with van der Waals surface area (Å²) in [6, 6.07) is 1.95. The van der Waals surface area contributed by atoms with Gasteiger partial charge >= 0.3 is 15.6 Å². The van der Waals surface area contributed by atoms with Crippen LogP contribution in [0.3, 0.4) is 0 Å². The maximum atomic E-state index is 11.9. The standard InChI is InChI=1S/C8H8F3NO3S/c9-8(10,11)16(13,14)15-7-3-1-6(5-12)2-4-7/h3,6H,1-2,4H2. The van der Waals surface area contributed by atoms with Gasteiger partial charge in [0.2, 0.25) is 0 Å². The quantitative estimate of drug-likeness (QED) is 0.559. The molecule has 0 fully saturated rings. The molecule has 1 rings (SSSR count). The zero-order valence-corrected chi connectivity index (χ0v) is 8.81. The average Bonchev–Trinajstić information content (AvgIpc) is 2.16. The molecule has 0 amide bonds. The van der Waals surface area contributed by atoms with E-state index in [0.29, 0.717) is 6.42 Å². The number of nitrogens with zero attached hydrogens (tertiary/aromatic N) is 1. The normalized spacial score (nSPS) is 22.1. The second-order valence-corrected chi connectivity index (χ2v) is 4.79. The molecule has 4 nitrogen and oxygen atoms in total. The van der Waals surface area contributed by atoms with Crippen molar-refractivity contribution in [3.8, 4) is 6.07 Å². The molecule has 0 aliphatic heterocycles. The third kappa shape index (κ3) is 2.88. The van der Waals surface area contributed by atoms with E-state index in [1.54, 1.807) is 0 Å². The Labute approximate surface area is 90.4 Å². The number of hydrogen-bond acceptors (Lipinski definition) is 4. The van der Waals surface area contributed by atoms with Crippen LogP contribution in [0.1, 0.15) is 19.3 Å². The Morgan fingerprint density at radius 3 is 2.50 bits per heavy atom. The number of halogens is 3. The average molecular weight is 255 g/mol. The molecule has 0 heterocycles. The van der Waals surface area contributed by atoms with Gasteiger partial charge in [-0.3, -0.25) is 0 Å². The Balaban J connectivity index is 2.72. The van der Waals surface area contributed by atoms with Crippen LogP contribution in [0.4, 0.5) is 13.2 Å². The van der Waals surface area contributed by atoms with Crippen molar-refractivity contribution >= 4 is 10.1 Å². The van der Waals surface area contributed by atoms with Gasteiger partial charge in [0, 0.05) is 6.42 Å². The number of rotatable bonds is 2. The second-order valence-electron chi connectivity index (χ2n) is 3.25. The molecule has 0 spiro atoms. The topological polar surface area (TPSA) is 67.2 Å². The van der Waals surface area contributed by atoms with Gasteiger partial charge in [0.25, 0.3) is 0 Å². The van der Waals surface area contributed by atoms with Crippen LogP contribution in [0.15, 0.2) is 11.8 Å². The fraction of sp³-hybridized carbons (Fsp3) is 0.625. The van der Waals surface area contributed by atoms with Crippen LogP contribution in [0.5, 0.6) is 0 Å². The summed E-state index contributed by atoms with van der Waals surface area (Å²) in [5.74, 6) is -0.537. The third-order valence-corrected chi connectivity index (χ3v) is 3.05. The van der Waals surface area contributed by atoms with Gasteiger partial charge in [-0.2, -0.15) is 26.9 Å². The lowest BCUT2D eigenvalue weighted by Crippen LogP contribution is -2.25. The number of hydrogen-bond donors (Lipinski definition) is 0. The second kappa shape index (κ2) is 4.33. The molecule has 1 aliphatic carbocycles. The van der Waals surface area contributed by atoms with Crippen molar-refractivity contribution in [2.75, 3.05) is 0 Å². The highest BCUT2D eigenvalue weighted by Gasteiger charge is 2.48. The van der Waals surface area contributed by atoms with Crippen molar-refractivity contribution in [3.05, 3.63) is 11.8 Å². The highest BCUT2D eigenvalue weighted by molar-refractivity contribution is 7.87. The molecular weight excluding hydrogens is 247 g/mol. The van der Waals surface area contributed by atoms with Crippen LogP contribution in [0.2, 0.25) is 0 Å². The summed E-state index contributed by atoms with van der Waals surface area (Å²) in [5.41, 5.74) is -5.42. The fourth-order valence-corrected chi connectivity index (χ4v) is 1.72. The molecule has 90 valence electrons. The number of alkyl halides is 3. The summed E-state index contributed by atoms with van der Waals surface area (Å²) in [7, 11) is -5.57. The summed E-state index contributed by atoms with van der Waals surface area (Å²) < 4.78 is 61.0. The van der Waals surface area contributed by atoms with Gasteiger partial charge in [-0.25, -0.2) is 0 Å². The predicted octanol–water partition coefficient (Wildman–Crippen LogP) is 2.06. The predicted molar refractivity (Wildman–Crippen MR) is 47.1 cm³/mol. The Hall–Kier alpha value is -1.23. The van der Waals surface area contributed by atoms with Gasteiger partial charge in [0.1, 0.15) is 5.76 Å². The Morgan fingerprint density at radius 2 is 2.12 bits per heavy atom. The lowest BCUT2D eigenvalue weighted by atomic mass is 9.95. The van der Waals surface area contributed by atoms with Crippen LogP contribution in [-0.2, 0) is 14.3 Å². The smallest absolute Gasteiger partial charge is 0.381 e. The Bertz CT molecular complexity index is 432. The van der Waals surface area contributed by atoms with E-state index in [0.717, 1.165) is 0 Å². The van der Waals surface area contributed by atoms with Gasteiger partial charge in [-0.15, -0.1) is 0 Å². The molecule has 0 aromatic carbocycles. The summed E-state index contributed by atoms with van der Waals surface area (Å²) >= 11 is 0. The van der Waals surface area contributed by atoms with Crippen LogP contribution in [0.25, 0.3) is 0 Å². The van der Waals surface area contributed by atoms with E-state index in [9.17, 15) is 21.6 Å². The van der Waals surface area contributed by atoms with Crippen LogP contribution in [-0.4, -0.2) is 13.9 Å². The maximum Gasteiger partial charge on any atom is 0.534 e. The molecule has 0 aromatic rings. The molecule has 0 saturated heterocycles. The Kier molecular flexibility index (Phi) is 3.48. The van der Waals surface area contributed by atoms with Crippen molar-refractivity contribution in [2.24, 2.45) is 5.92 Å². The van der Waals surface area contributed by atoms with Crippen molar-refractivity contribution in [3.63, 3.8) is 0 Å². The molecule has 0 N–H and O–H groups in total. The van der Waals surface area contributed by atoms with Crippen molar-refractivity contribution in [1.29, 1.82) is 5.26 Å². The third-order valence-electron chi connectivity index (χ3n) is 2.05. The van der Waals surface area contributed by atoms with Gasteiger partial charge in [0.15, 0.2) is 0 Å². The zero-order valence-electron chi connectivity index (χ0n) is 7.99. The van der Waals surface area contributed by atoms with E-state index in [-0.39, 0.29) is 24.5 Å². The summed E-state index contributed by atoms with van der Waals surface area (Å²) in [5, 5.41) is 8.52. The van der Waals surface area contributed by atoms with E-state index in [4.69, 9.17) is 5.26 Å². The first-order valence-corrected chi connectivity index (χ1v) is 5.76. The zero-order chi connectivity index (χ0) is 12.4. The van der Waals surface area contributed by atoms with Crippen LogP contribution >= 0.6 is 0 Å². The minimum atomic E-state index is -5.57. The minimum absolute atomic E-state index is 0.0214. The molecule has 0 saturated carbocycles. The lowest BCUT2D eigenvalue weighted by Gasteiger charge is -2.17. The van der Waals surface area contributed by atoms with Gasteiger partial charge in [-0.1, -0.05) is 0 Å². The molecule has 1 atom stereocenters. The van der Waals surface area contributed by atoms with Crippen molar-refractivity contribution in [1.82, 2.24) is 0 Å². The first-order chi connectivity index (χ1) is 7.26. The van der Waals surface area contributed by atoms with Crippen LogP contribution < -0.4 is 0 Å².